The molecule has 30 heavy (non-hydrogen) atoms. The highest BCUT2D eigenvalue weighted by Gasteiger charge is 2.32. The first-order valence-electron chi connectivity index (χ1n) is 11.3. The van der Waals surface area contributed by atoms with Crippen LogP contribution in [-0.2, 0) is 4.79 Å². The van der Waals surface area contributed by atoms with Gasteiger partial charge >= 0.3 is 0 Å². The summed E-state index contributed by atoms with van der Waals surface area (Å²) in [6, 6.07) is 10.2. The molecule has 0 aromatic carbocycles. The van der Waals surface area contributed by atoms with Gasteiger partial charge < -0.3 is 10.2 Å². The molecule has 0 bridgehead atoms. The van der Waals surface area contributed by atoms with E-state index in [9.17, 15) is 4.79 Å². The van der Waals surface area contributed by atoms with E-state index in [0.29, 0.717) is 11.8 Å². The Morgan fingerprint density at radius 1 is 1.13 bits per heavy atom. The predicted molar refractivity (Wildman–Crippen MR) is 120 cm³/mol. The van der Waals surface area contributed by atoms with Crippen molar-refractivity contribution >= 4 is 17.4 Å². The van der Waals surface area contributed by atoms with Crippen LogP contribution in [0.2, 0.25) is 0 Å². The molecule has 2 aromatic heterocycles. The number of anilines is 2. The SMILES string of the molecule is CC[C@@H](C(=O)N1CCC(c2ccc(Nc3cccc(C)n3)cn2)CC1)N1CCCC1. The largest absolute Gasteiger partial charge is 0.341 e. The molecule has 2 aliphatic rings. The molecule has 4 rings (SSSR count). The summed E-state index contributed by atoms with van der Waals surface area (Å²) in [6.45, 7) is 7.94. The Balaban J connectivity index is 1.32. The summed E-state index contributed by atoms with van der Waals surface area (Å²) in [6.07, 6.45) is 7.22. The minimum absolute atomic E-state index is 0.0720. The number of carbonyl (C=O) groups excluding carboxylic acids is 1. The second kappa shape index (κ2) is 9.56. The molecular formula is C24H33N5O. The van der Waals surface area contributed by atoms with E-state index in [0.717, 1.165) is 68.3 Å². The molecule has 1 amide bonds. The first kappa shape index (κ1) is 20.8. The Bertz CT molecular complexity index is 839. The molecule has 6 nitrogen and oxygen atoms in total. The normalized spacial score (nSPS) is 19.1. The van der Waals surface area contributed by atoms with Crippen molar-refractivity contribution in [2.24, 2.45) is 0 Å². The molecule has 0 unspecified atom stereocenters. The number of carbonyl (C=O) groups is 1. The number of hydrogen-bond donors (Lipinski definition) is 1. The molecule has 4 heterocycles. The van der Waals surface area contributed by atoms with E-state index in [1.807, 2.05) is 31.3 Å². The van der Waals surface area contributed by atoms with E-state index in [4.69, 9.17) is 4.98 Å². The van der Waals surface area contributed by atoms with Gasteiger partial charge in [0.15, 0.2) is 0 Å². The quantitative estimate of drug-likeness (QED) is 0.781. The molecule has 2 aliphatic heterocycles. The van der Waals surface area contributed by atoms with E-state index in [1.165, 1.54) is 12.8 Å². The highest BCUT2D eigenvalue weighted by atomic mass is 16.2. The summed E-state index contributed by atoms with van der Waals surface area (Å²) in [7, 11) is 0. The molecule has 2 fully saturated rings. The lowest BCUT2D eigenvalue weighted by molar-refractivity contribution is -0.137. The second-order valence-corrected chi connectivity index (χ2v) is 8.53. The fourth-order valence-electron chi connectivity index (χ4n) is 4.73. The van der Waals surface area contributed by atoms with Crippen LogP contribution in [0, 0.1) is 6.92 Å². The number of nitrogens with one attached hydrogen (secondary N) is 1. The fourth-order valence-corrected chi connectivity index (χ4v) is 4.73. The first-order chi connectivity index (χ1) is 14.6. The summed E-state index contributed by atoms with van der Waals surface area (Å²) in [5.74, 6) is 1.59. The topological polar surface area (TPSA) is 61.4 Å². The van der Waals surface area contributed by atoms with E-state index in [2.05, 4.69) is 39.2 Å². The van der Waals surface area contributed by atoms with E-state index < -0.39 is 0 Å². The maximum absolute atomic E-state index is 13.1. The van der Waals surface area contributed by atoms with Crippen LogP contribution in [-0.4, -0.2) is 57.9 Å². The number of likely N-dealkylation sites (tertiary alicyclic amines) is 2. The van der Waals surface area contributed by atoms with Gasteiger partial charge in [-0.3, -0.25) is 14.7 Å². The minimum atomic E-state index is 0.0720. The zero-order valence-corrected chi connectivity index (χ0v) is 18.2. The third-order valence-corrected chi connectivity index (χ3v) is 6.43. The highest BCUT2D eigenvalue weighted by Crippen LogP contribution is 2.29. The lowest BCUT2D eigenvalue weighted by Crippen LogP contribution is -2.49. The number of hydrogen-bond acceptors (Lipinski definition) is 5. The van der Waals surface area contributed by atoms with Crippen LogP contribution in [0.1, 0.15) is 56.3 Å². The Morgan fingerprint density at radius 3 is 2.53 bits per heavy atom. The van der Waals surface area contributed by atoms with Crippen molar-refractivity contribution in [2.75, 3.05) is 31.5 Å². The molecule has 1 N–H and O–H groups in total. The molecule has 0 radical (unpaired) electrons. The van der Waals surface area contributed by atoms with Crippen molar-refractivity contribution in [1.82, 2.24) is 19.8 Å². The van der Waals surface area contributed by atoms with Crippen LogP contribution in [0.25, 0.3) is 0 Å². The van der Waals surface area contributed by atoms with Gasteiger partial charge in [0.25, 0.3) is 0 Å². The van der Waals surface area contributed by atoms with Gasteiger partial charge in [0.2, 0.25) is 5.91 Å². The Kier molecular flexibility index (Phi) is 6.62. The van der Waals surface area contributed by atoms with Crippen LogP contribution in [0.3, 0.4) is 0 Å². The van der Waals surface area contributed by atoms with Gasteiger partial charge in [0, 0.05) is 30.4 Å². The molecule has 6 heteroatoms. The van der Waals surface area contributed by atoms with Crippen LogP contribution >= 0.6 is 0 Å². The number of piperidine rings is 1. The third-order valence-electron chi connectivity index (χ3n) is 6.43. The average Bonchev–Trinajstić information content (AvgIpc) is 3.29. The Morgan fingerprint density at radius 2 is 1.90 bits per heavy atom. The molecular weight excluding hydrogens is 374 g/mol. The van der Waals surface area contributed by atoms with E-state index >= 15 is 0 Å². The third kappa shape index (κ3) is 4.81. The number of aryl methyl sites for hydroxylation is 1. The number of rotatable bonds is 6. The van der Waals surface area contributed by atoms with E-state index in [-0.39, 0.29) is 6.04 Å². The van der Waals surface area contributed by atoms with Gasteiger partial charge in [-0.05, 0) is 76.4 Å². The van der Waals surface area contributed by atoms with Crippen LogP contribution in [0.4, 0.5) is 11.5 Å². The monoisotopic (exact) mass is 407 g/mol. The number of amides is 1. The summed E-state index contributed by atoms with van der Waals surface area (Å²) in [5.41, 5.74) is 3.05. The second-order valence-electron chi connectivity index (χ2n) is 8.53. The molecule has 1 atom stereocenters. The van der Waals surface area contributed by atoms with Gasteiger partial charge in [-0.15, -0.1) is 0 Å². The lowest BCUT2D eigenvalue weighted by Gasteiger charge is -2.36. The highest BCUT2D eigenvalue weighted by molar-refractivity contribution is 5.82. The van der Waals surface area contributed by atoms with Crippen LogP contribution in [0.15, 0.2) is 36.5 Å². The van der Waals surface area contributed by atoms with Crippen molar-refractivity contribution in [3.8, 4) is 0 Å². The Hall–Kier alpha value is -2.47. The number of nitrogens with zero attached hydrogens (tertiary/aromatic N) is 4. The number of aromatic nitrogens is 2. The Labute approximate surface area is 179 Å². The van der Waals surface area contributed by atoms with Gasteiger partial charge in [-0.2, -0.15) is 0 Å². The van der Waals surface area contributed by atoms with Crippen molar-refractivity contribution in [3.05, 3.63) is 47.9 Å². The predicted octanol–water partition coefficient (Wildman–Crippen LogP) is 4.11. The molecule has 160 valence electrons. The first-order valence-corrected chi connectivity index (χ1v) is 11.3. The standard InChI is InChI=1S/C24H33N5O/c1-3-22(28-13-4-5-14-28)24(30)29-15-11-19(12-16-29)21-10-9-20(17-25-21)27-23-8-6-7-18(2)26-23/h6-10,17,19,22H,3-5,11-16H2,1-2H3,(H,26,27)/t22-/m0/s1. The summed E-state index contributed by atoms with van der Waals surface area (Å²) in [4.78, 5) is 26.7. The number of pyridine rings is 2. The zero-order valence-electron chi connectivity index (χ0n) is 18.2. The van der Waals surface area contributed by atoms with Crippen LogP contribution in [0.5, 0.6) is 0 Å². The van der Waals surface area contributed by atoms with E-state index in [1.54, 1.807) is 0 Å². The van der Waals surface area contributed by atoms with Gasteiger partial charge in [-0.25, -0.2) is 4.98 Å². The zero-order chi connectivity index (χ0) is 20.9. The van der Waals surface area contributed by atoms with Crippen molar-refractivity contribution in [1.29, 1.82) is 0 Å². The van der Waals surface area contributed by atoms with Crippen molar-refractivity contribution in [3.63, 3.8) is 0 Å². The molecule has 2 aromatic rings. The molecule has 0 aliphatic carbocycles. The summed E-state index contributed by atoms with van der Waals surface area (Å²) < 4.78 is 0. The van der Waals surface area contributed by atoms with Gasteiger partial charge in [0.1, 0.15) is 5.82 Å². The fraction of sp³-hybridized carbons (Fsp3) is 0.542. The molecule has 2 saturated heterocycles. The summed E-state index contributed by atoms with van der Waals surface area (Å²) >= 11 is 0. The average molecular weight is 408 g/mol. The summed E-state index contributed by atoms with van der Waals surface area (Å²) in [5, 5.41) is 3.31. The smallest absolute Gasteiger partial charge is 0.239 e. The van der Waals surface area contributed by atoms with Gasteiger partial charge in [0.05, 0.1) is 17.9 Å². The van der Waals surface area contributed by atoms with Gasteiger partial charge in [-0.1, -0.05) is 13.0 Å². The maximum atomic E-state index is 13.1. The lowest BCUT2D eigenvalue weighted by atomic mass is 9.92. The molecule has 0 saturated carbocycles. The minimum Gasteiger partial charge on any atom is -0.341 e. The van der Waals surface area contributed by atoms with Crippen LogP contribution < -0.4 is 5.32 Å². The van der Waals surface area contributed by atoms with Crippen molar-refractivity contribution < 1.29 is 4.79 Å². The maximum Gasteiger partial charge on any atom is 0.239 e. The van der Waals surface area contributed by atoms with Crippen molar-refractivity contribution in [2.45, 2.75) is 57.9 Å². The molecule has 0 spiro atoms.